The smallest absolute Gasteiger partial charge is 0.269 e. The van der Waals surface area contributed by atoms with Crippen LogP contribution in [0.1, 0.15) is 44.0 Å². The molecule has 0 atom stereocenters. The predicted octanol–water partition coefficient (Wildman–Crippen LogP) is 2.02. The molecule has 120 valence electrons. The highest BCUT2D eigenvalue weighted by Gasteiger charge is 2.17. The molecule has 22 heavy (non-hydrogen) atoms. The highest BCUT2D eigenvalue weighted by atomic mass is 16.6. The van der Waals surface area contributed by atoms with E-state index in [1.54, 1.807) is 0 Å². The largest absolute Gasteiger partial charge is 0.352 e. The van der Waals surface area contributed by atoms with E-state index in [1.165, 1.54) is 24.3 Å². The number of non-ortho nitro benzene ring substituents is 1. The van der Waals surface area contributed by atoms with Crippen molar-refractivity contribution in [3.8, 4) is 0 Å². The average molecular weight is 307 g/mol. The van der Waals surface area contributed by atoms with Crippen LogP contribution in [0.3, 0.4) is 0 Å². The van der Waals surface area contributed by atoms with Crippen molar-refractivity contribution in [2.45, 2.75) is 39.2 Å². The Balaban J connectivity index is 2.43. The van der Waals surface area contributed by atoms with Gasteiger partial charge in [0.25, 0.3) is 11.6 Å². The van der Waals surface area contributed by atoms with Crippen molar-refractivity contribution in [1.29, 1.82) is 0 Å². The van der Waals surface area contributed by atoms with Gasteiger partial charge in [-0.3, -0.25) is 19.7 Å². The number of nitro benzene ring substituents is 1. The quantitative estimate of drug-likeness (QED) is 0.594. The van der Waals surface area contributed by atoms with Gasteiger partial charge >= 0.3 is 0 Å². The van der Waals surface area contributed by atoms with Gasteiger partial charge < -0.3 is 10.6 Å². The number of benzene rings is 1. The van der Waals surface area contributed by atoms with Crippen molar-refractivity contribution in [3.05, 3.63) is 39.9 Å². The van der Waals surface area contributed by atoms with E-state index in [1.807, 2.05) is 20.8 Å². The molecule has 1 aromatic rings. The Bertz CT molecular complexity index is 552. The fraction of sp³-hybridized carbons (Fsp3) is 0.467. The molecule has 7 nitrogen and oxygen atoms in total. The van der Waals surface area contributed by atoms with E-state index in [2.05, 4.69) is 10.6 Å². The molecule has 2 N–H and O–H groups in total. The van der Waals surface area contributed by atoms with Gasteiger partial charge in [0.2, 0.25) is 5.91 Å². The first kappa shape index (κ1) is 17.6. The van der Waals surface area contributed by atoms with Gasteiger partial charge in [-0.15, -0.1) is 0 Å². The van der Waals surface area contributed by atoms with Gasteiger partial charge in [0.05, 0.1) is 4.92 Å². The summed E-state index contributed by atoms with van der Waals surface area (Å²) in [5.41, 5.74) is -0.0166. The summed E-state index contributed by atoms with van der Waals surface area (Å²) in [6.45, 7) is 6.05. The van der Waals surface area contributed by atoms with Gasteiger partial charge in [-0.2, -0.15) is 0 Å². The first-order chi connectivity index (χ1) is 10.2. The van der Waals surface area contributed by atoms with Crippen LogP contribution in [0.5, 0.6) is 0 Å². The minimum Gasteiger partial charge on any atom is -0.352 e. The van der Waals surface area contributed by atoms with Crippen LogP contribution in [0.4, 0.5) is 5.69 Å². The lowest BCUT2D eigenvalue weighted by Gasteiger charge is -2.24. The molecule has 0 aliphatic rings. The predicted molar refractivity (Wildman–Crippen MR) is 82.6 cm³/mol. The van der Waals surface area contributed by atoms with Crippen LogP contribution < -0.4 is 10.6 Å². The molecule has 0 unspecified atom stereocenters. The maximum atomic E-state index is 11.8. The Hall–Kier alpha value is -2.44. The molecule has 2 amide bonds. The number of carbonyl (C=O) groups is 2. The second-order valence-electron chi connectivity index (χ2n) is 5.60. The molecule has 1 rings (SSSR count). The summed E-state index contributed by atoms with van der Waals surface area (Å²) in [4.78, 5) is 33.6. The average Bonchev–Trinajstić information content (AvgIpc) is 2.46. The molecule has 0 aliphatic carbocycles. The zero-order valence-electron chi connectivity index (χ0n) is 13.0. The molecule has 0 aromatic heterocycles. The first-order valence-electron chi connectivity index (χ1n) is 7.09. The zero-order chi connectivity index (χ0) is 16.8. The molecule has 0 heterocycles. The monoisotopic (exact) mass is 307 g/mol. The summed E-state index contributed by atoms with van der Waals surface area (Å²) in [6, 6.07) is 5.30. The van der Waals surface area contributed by atoms with Crippen molar-refractivity contribution >= 4 is 17.5 Å². The minimum atomic E-state index is -0.526. The zero-order valence-corrected chi connectivity index (χ0v) is 13.0. The normalized spacial score (nSPS) is 10.9. The number of nitrogens with one attached hydrogen (secondary N) is 2. The summed E-state index contributed by atoms with van der Waals surface area (Å²) in [5.74, 6) is -0.492. The van der Waals surface area contributed by atoms with Gasteiger partial charge in [0.15, 0.2) is 0 Å². The van der Waals surface area contributed by atoms with Crippen LogP contribution in [-0.4, -0.2) is 28.8 Å². The van der Waals surface area contributed by atoms with E-state index in [9.17, 15) is 19.7 Å². The van der Waals surface area contributed by atoms with E-state index in [0.29, 0.717) is 5.56 Å². The summed E-state index contributed by atoms with van der Waals surface area (Å²) in [5, 5.41) is 16.0. The number of hydrogen-bond donors (Lipinski definition) is 2. The standard InChI is InChI=1S/C15H21N3O4/c1-4-15(2,3)17-13(19)9-10-16-14(20)11-5-7-12(8-6-11)18(21)22/h5-8H,4,9-10H2,1-3H3,(H,16,20)(H,17,19). The first-order valence-corrected chi connectivity index (χ1v) is 7.09. The van der Waals surface area contributed by atoms with Crippen LogP contribution in [0, 0.1) is 10.1 Å². The van der Waals surface area contributed by atoms with Gasteiger partial charge in [0, 0.05) is 36.2 Å². The van der Waals surface area contributed by atoms with Crippen LogP contribution in [0.2, 0.25) is 0 Å². The van der Waals surface area contributed by atoms with E-state index in [-0.39, 0.29) is 36.0 Å². The number of nitro groups is 1. The van der Waals surface area contributed by atoms with Crippen LogP contribution >= 0.6 is 0 Å². The number of amides is 2. The fourth-order valence-corrected chi connectivity index (χ4v) is 1.65. The van der Waals surface area contributed by atoms with Gasteiger partial charge in [-0.1, -0.05) is 6.92 Å². The molecule has 0 fully saturated rings. The number of nitrogens with zero attached hydrogens (tertiary/aromatic N) is 1. The SMILES string of the molecule is CCC(C)(C)NC(=O)CCNC(=O)c1ccc([N+](=O)[O-])cc1. The Morgan fingerprint density at radius 2 is 1.82 bits per heavy atom. The Morgan fingerprint density at radius 1 is 1.23 bits per heavy atom. The van der Waals surface area contributed by atoms with Crippen molar-refractivity contribution in [2.24, 2.45) is 0 Å². The Morgan fingerprint density at radius 3 is 2.32 bits per heavy atom. The van der Waals surface area contributed by atoms with Crippen molar-refractivity contribution in [3.63, 3.8) is 0 Å². The maximum absolute atomic E-state index is 11.8. The summed E-state index contributed by atoms with van der Waals surface area (Å²) in [7, 11) is 0. The van der Waals surface area contributed by atoms with Gasteiger partial charge in [0.1, 0.15) is 0 Å². The fourth-order valence-electron chi connectivity index (χ4n) is 1.65. The highest BCUT2D eigenvalue weighted by Crippen LogP contribution is 2.11. The van der Waals surface area contributed by atoms with Crippen molar-refractivity contribution < 1.29 is 14.5 Å². The Kier molecular flexibility index (Phi) is 6.03. The summed E-state index contributed by atoms with van der Waals surface area (Å²) in [6.07, 6.45) is 0.996. The molecule has 0 bridgehead atoms. The highest BCUT2D eigenvalue weighted by molar-refractivity contribution is 5.94. The lowest BCUT2D eigenvalue weighted by atomic mass is 10.0. The number of hydrogen-bond acceptors (Lipinski definition) is 4. The van der Waals surface area contributed by atoms with Crippen LogP contribution in [0.25, 0.3) is 0 Å². The summed E-state index contributed by atoms with van der Waals surface area (Å²) >= 11 is 0. The molecular formula is C15H21N3O4. The van der Waals surface area contributed by atoms with E-state index >= 15 is 0 Å². The minimum absolute atomic E-state index is 0.0716. The third-order valence-corrected chi connectivity index (χ3v) is 3.34. The molecule has 1 aromatic carbocycles. The topological polar surface area (TPSA) is 101 Å². The number of rotatable bonds is 7. The second kappa shape index (κ2) is 7.53. The lowest BCUT2D eigenvalue weighted by Crippen LogP contribution is -2.43. The molecule has 7 heteroatoms. The third-order valence-electron chi connectivity index (χ3n) is 3.34. The van der Waals surface area contributed by atoms with E-state index < -0.39 is 4.92 Å². The maximum Gasteiger partial charge on any atom is 0.269 e. The molecule has 0 saturated heterocycles. The van der Waals surface area contributed by atoms with Gasteiger partial charge in [-0.05, 0) is 32.4 Å². The molecule has 0 saturated carbocycles. The second-order valence-corrected chi connectivity index (χ2v) is 5.60. The Labute approximate surface area is 129 Å². The van der Waals surface area contributed by atoms with E-state index in [0.717, 1.165) is 6.42 Å². The molecule has 0 aliphatic heterocycles. The van der Waals surface area contributed by atoms with E-state index in [4.69, 9.17) is 0 Å². The molecular weight excluding hydrogens is 286 g/mol. The lowest BCUT2D eigenvalue weighted by molar-refractivity contribution is -0.384. The van der Waals surface area contributed by atoms with Gasteiger partial charge in [-0.25, -0.2) is 0 Å². The van der Waals surface area contributed by atoms with Crippen molar-refractivity contribution in [2.75, 3.05) is 6.54 Å². The number of carbonyl (C=O) groups excluding carboxylic acids is 2. The third kappa shape index (κ3) is 5.51. The van der Waals surface area contributed by atoms with Crippen LogP contribution in [-0.2, 0) is 4.79 Å². The summed E-state index contributed by atoms with van der Waals surface area (Å²) < 4.78 is 0. The molecule has 0 spiro atoms. The van der Waals surface area contributed by atoms with Crippen LogP contribution in [0.15, 0.2) is 24.3 Å². The van der Waals surface area contributed by atoms with Crippen molar-refractivity contribution in [1.82, 2.24) is 10.6 Å². The molecule has 0 radical (unpaired) electrons.